The lowest BCUT2D eigenvalue weighted by molar-refractivity contribution is -0.135. The number of ether oxygens (including phenoxy) is 1. The van der Waals surface area contributed by atoms with Gasteiger partial charge >= 0.3 is 5.97 Å². The molecule has 4 heteroatoms. The van der Waals surface area contributed by atoms with E-state index in [1.165, 1.54) is 0 Å². The molecule has 0 amide bonds. The van der Waals surface area contributed by atoms with Crippen molar-refractivity contribution in [2.75, 3.05) is 6.61 Å². The van der Waals surface area contributed by atoms with Crippen LogP contribution in [0, 0.1) is 5.92 Å². The van der Waals surface area contributed by atoms with Gasteiger partial charge in [0.25, 0.3) is 0 Å². The molecule has 0 saturated carbocycles. The van der Waals surface area contributed by atoms with E-state index in [0.717, 1.165) is 25.7 Å². The SMILES string of the molecule is CCOC(=O)C1=NNC2CC/C=C/CCC12. The molecule has 2 unspecified atom stereocenters. The summed E-state index contributed by atoms with van der Waals surface area (Å²) in [5, 5.41) is 4.15. The van der Waals surface area contributed by atoms with E-state index in [1.54, 1.807) is 0 Å². The third-order valence-corrected chi connectivity index (χ3v) is 3.13. The van der Waals surface area contributed by atoms with Gasteiger partial charge in [-0.05, 0) is 32.6 Å². The second-order valence-corrected chi connectivity index (χ2v) is 4.19. The number of carbonyl (C=O) groups excluding carboxylic acids is 1. The van der Waals surface area contributed by atoms with Gasteiger partial charge in [0.05, 0.1) is 12.6 Å². The van der Waals surface area contributed by atoms with Gasteiger partial charge in [-0.3, -0.25) is 0 Å². The van der Waals surface area contributed by atoms with Crippen molar-refractivity contribution in [1.29, 1.82) is 0 Å². The minimum Gasteiger partial charge on any atom is -0.461 e. The van der Waals surface area contributed by atoms with Crippen LogP contribution in [0.3, 0.4) is 0 Å². The van der Waals surface area contributed by atoms with Gasteiger partial charge in [-0.2, -0.15) is 5.10 Å². The van der Waals surface area contributed by atoms with Crippen molar-refractivity contribution in [3.05, 3.63) is 12.2 Å². The molecule has 1 N–H and O–H groups in total. The molecule has 0 aromatic rings. The predicted molar refractivity (Wildman–Crippen MR) is 62.1 cm³/mol. The normalized spacial score (nSPS) is 30.4. The molecule has 16 heavy (non-hydrogen) atoms. The van der Waals surface area contributed by atoms with E-state index in [-0.39, 0.29) is 11.9 Å². The average Bonchev–Trinajstić information content (AvgIpc) is 2.60. The Bertz CT molecular complexity index is 323. The first-order valence-electron chi connectivity index (χ1n) is 5.98. The Kier molecular flexibility index (Phi) is 3.59. The lowest BCUT2D eigenvalue weighted by Crippen LogP contribution is -2.33. The first-order valence-corrected chi connectivity index (χ1v) is 5.98. The fourth-order valence-corrected chi connectivity index (χ4v) is 2.31. The number of rotatable bonds is 2. The topological polar surface area (TPSA) is 50.7 Å². The van der Waals surface area contributed by atoms with E-state index in [2.05, 4.69) is 22.7 Å². The molecule has 0 spiro atoms. The summed E-state index contributed by atoms with van der Waals surface area (Å²) in [5.74, 6) is -0.0314. The van der Waals surface area contributed by atoms with Crippen molar-refractivity contribution in [2.45, 2.75) is 38.6 Å². The molecule has 2 rings (SSSR count). The van der Waals surface area contributed by atoms with Crippen LogP contribution in [0.1, 0.15) is 32.6 Å². The maximum atomic E-state index is 11.7. The van der Waals surface area contributed by atoms with E-state index in [9.17, 15) is 4.79 Å². The number of hydrogen-bond donors (Lipinski definition) is 1. The minimum atomic E-state index is -0.257. The summed E-state index contributed by atoms with van der Waals surface area (Å²) in [7, 11) is 0. The standard InChI is InChI=1S/C12H18N2O2/c1-2-16-12(15)11-9-7-5-3-4-6-8-10(9)13-14-11/h3-4,9-10,13H,2,5-8H2,1H3/b4-3+. The molecule has 4 nitrogen and oxygen atoms in total. The van der Waals surface area contributed by atoms with E-state index < -0.39 is 0 Å². The van der Waals surface area contributed by atoms with Crippen molar-refractivity contribution in [1.82, 2.24) is 5.43 Å². The van der Waals surface area contributed by atoms with Gasteiger partial charge in [0.2, 0.25) is 0 Å². The Morgan fingerprint density at radius 1 is 1.50 bits per heavy atom. The van der Waals surface area contributed by atoms with Crippen LogP contribution >= 0.6 is 0 Å². The van der Waals surface area contributed by atoms with E-state index in [4.69, 9.17) is 4.74 Å². The van der Waals surface area contributed by atoms with Crippen LogP contribution < -0.4 is 5.43 Å². The largest absolute Gasteiger partial charge is 0.461 e. The quantitative estimate of drug-likeness (QED) is 0.570. The molecule has 2 aliphatic rings. The molecular formula is C12H18N2O2. The zero-order valence-electron chi connectivity index (χ0n) is 9.61. The van der Waals surface area contributed by atoms with Crippen LogP contribution in [-0.4, -0.2) is 24.3 Å². The summed E-state index contributed by atoms with van der Waals surface area (Å²) in [5.41, 5.74) is 3.65. The van der Waals surface area contributed by atoms with Gasteiger partial charge in [-0.25, -0.2) is 4.79 Å². The van der Waals surface area contributed by atoms with Crippen LogP contribution in [0.15, 0.2) is 17.3 Å². The molecular weight excluding hydrogens is 204 g/mol. The number of nitrogens with zero attached hydrogens (tertiary/aromatic N) is 1. The van der Waals surface area contributed by atoms with Gasteiger partial charge in [-0.15, -0.1) is 0 Å². The average molecular weight is 222 g/mol. The zero-order valence-corrected chi connectivity index (χ0v) is 9.61. The highest BCUT2D eigenvalue weighted by molar-refractivity contribution is 6.37. The second kappa shape index (κ2) is 5.14. The monoisotopic (exact) mass is 222 g/mol. The molecule has 0 aromatic heterocycles. The number of esters is 1. The molecule has 1 aliphatic heterocycles. The fourth-order valence-electron chi connectivity index (χ4n) is 2.31. The number of allylic oxidation sites excluding steroid dienone is 2. The van der Waals surface area contributed by atoms with Gasteiger partial charge in [0.15, 0.2) is 5.71 Å². The Hall–Kier alpha value is -1.32. The molecule has 0 aromatic carbocycles. The molecule has 0 fully saturated rings. The molecule has 0 radical (unpaired) electrons. The number of hydrogen-bond acceptors (Lipinski definition) is 4. The maximum Gasteiger partial charge on any atom is 0.354 e. The van der Waals surface area contributed by atoms with Crippen LogP contribution in [-0.2, 0) is 9.53 Å². The third kappa shape index (κ3) is 2.26. The van der Waals surface area contributed by atoms with E-state index in [0.29, 0.717) is 18.4 Å². The van der Waals surface area contributed by atoms with Crippen molar-refractivity contribution in [3.8, 4) is 0 Å². The molecule has 88 valence electrons. The first-order chi connectivity index (χ1) is 7.83. The Morgan fingerprint density at radius 3 is 3.00 bits per heavy atom. The molecule has 2 atom stereocenters. The number of fused-ring (bicyclic) bond motifs is 1. The summed E-state index contributed by atoms with van der Waals surface area (Å²) in [6, 6.07) is 0.310. The first kappa shape index (κ1) is 11.2. The Morgan fingerprint density at radius 2 is 2.25 bits per heavy atom. The summed E-state index contributed by atoms with van der Waals surface area (Å²) in [4.78, 5) is 11.7. The maximum absolute atomic E-state index is 11.7. The van der Waals surface area contributed by atoms with Crippen molar-refractivity contribution >= 4 is 11.7 Å². The summed E-state index contributed by atoms with van der Waals surface area (Å²) in [6.45, 7) is 2.23. The van der Waals surface area contributed by atoms with E-state index >= 15 is 0 Å². The van der Waals surface area contributed by atoms with Gasteiger partial charge in [0, 0.05) is 5.92 Å². The van der Waals surface area contributed by atoms with Gasteiger partial charge < -0.3 is 10.2 Å². The highest BCUT2D eigenvalue weighted by Crippen LogP contribution is 2.25. The van der Waals surface area contributed by atoms with Gasteiger partial charge in [-0.1, -0.05) is 12.2 Å². The van der Waals surface area contributed by atoms with Crippen LogP contribution in [0.4, 0.5) is 0 Å². The molecule has 1 aliphatic carbocycles. The highest BCUT2D eigenvalue weighted by Gasteiger charge is 2.35. The van der Waals surface area contributed by atoms with Crippen LogP contribution in [0.25, 0.3) is 0 Å². The predicted octanol–water partition coefficient (Wildman–Crippen LogP) is 1.62. The van der Waals surface area contributed by atoms with Crippen LogP contribution in [0.2, 0.25) is 0 Å². The smallest absolute Gasteiger partial charge is 0.354 e. The van der Waals surface area contributed by atoms with Crippen molar-refractivity contribution in [3.63, 3.8) is 0 Å². The highest BCUT2D eigenvalue weighted by atomic mass is 16.5. The lowest BCUT2D eigenvalue weighted by Gasteiger charge is -2.20. The number of hydrazone groups is 1. The summed E-state index contributed by atoms with van der Waals surface area (Å²) < 4.78 is 5.02. The Balaban J connectivity index is 2.05. The van der Waals surface area contributed by atoms with Crippen molar-refractivity contribution < 1.29 is 9.53 Å². The summed E-state index contributed by atoms with van der Waals surface area (Å²) in [6.07, 6.45) is 8.48. The number of nitrogens with one attached hydrogen (secondary N) is 1. The molecule has 1 heterocycles. The molecule has 0 bridgehead atoms. The fraction of sp³-hybridized carbons (Fsp3) is 0.667. The van der Waals surface area contributed by atoms with Crippen LogP contribution in [0.5, 0.6) is 0 Å². The van der Waals surface area contributed by atoms with Crippen molar-refractivity contribution in [2.24, 2.45) is 11.0 Å². The van der Waals surface area contributed by atoms with Gasteiger partial charge in [0.1, 0.15) is 0 Å². The lowest BCUT2D eigenvalue weighted by atomic mass is 9.87. The zero-order chi connectivity index (χ0) is 11.4. The summed E-state index contributed by atoms with van der Waals surface area (Å²) >= 11 is 0. The number of carbonyl (C=O) groups is 1. The molecule has 0 saturated heterocycles. The minimum absolute atomic E-state index is 0.226. The Labute approximate surface area is 95.7 Å². The van der Waals surface area contributed by atoms with E-state index in [1.807, 2.05) is 6.92 Å². The third-order valence-electron chi connectivity index (χ3n) is 3.13. The second-order valence-electron chi connectivity index (χ2n) is 4.19.